The minimum Gasteiger partial charge on any atom is -0.485 e. The number of aryl methyl sites for hydroxylation is 3. The van der Waals surface area contributed by atoms with E-state index in [9.17, 15) is 0 Å². The molecule has 2 heterocycles. The van der Waals surface area contributed by atoms with E-state index in [0.29, 0.717) is 13.0 Å². The van der Waals surface area contributed by atoms with Gasteiger partial charge in [0.25, 0.3) is 0 Å². The molecule has 0 aliphatic carbocycles. The van der Waals surface area contributed by atoms with Gasteiger partial charge in [-0.3, -0.25) is 4.40 Å². The highest BCUT2D eigenvalue weighted by molar-refractivity contribution is 5.56. The fourth-order valence-electron chi connectivity index (χ4n) is 2.85. The summed E-state index contributed by atoms with van der Waals surface area (Å²) in [4.78, 5) is 4.63. The molecule has 0 N–H and O–H groups in total. The highest BCUT2D eigenvalue weighted by Gasteiger charge is 2.12. The third-order valence-corrected chi connectivity index (χ3v) is 4.20. The molecule has 0 aliphatic rings. The molecule has 0 atom stereocenters. The molecule has 0 spiro atoms. The van der Waals surface area contributed by atoms with Crippen molar-refractivity contribution in [1.82, 2.24) is 9.38 Å². The normalized spacial score (nSPS) is 10.7. The molecule has 3 aromatic rings. The van der Waals surface area contributed by atoms with Gasteiger partial charge in [-0.15, -0.1) is 12.3 Å². The Balaban J connectivity index is 1.95. The van der Waals surface area contributed by atoms with Gasteiger partial charge < -0.3 is 4.74 Å². The van der Waals surface area contributed by atoms with Crippen LogP contribution in [0.1, 0.15) is 28.1 Å². The van der Waals surface area contributed by atoms with Gasteiger partial charge in [0.1, 0.15) is 6.61 Å². The number of hydrogen-bond acceptors (Lipinski definition) is 2. The average molecular weight is 304 g/mol. The minimum absolute atomic E-state index is 0.536. The second kappa shape index (κ2) is 6.18. The van der Waals surface area contributed by atoms with Crippen molar-refractivity contribution in [3.8, 4) is 18.1 Å². The van der Waals surface area contributed by atoms with Gasteiger partial charge in [-0.2, -0.15) is 0 Å². The third-order valence-electron chi connectivity index (χ3n) is 4.20. The van der Waals surface area contributed by atoms with Crippen molar-refractivity contribution in [2.45, 2.75) is 33.8 Å². The topological polar surface area (TPSA) is 26.5 Å². The maximum atomic E-state index is 6.08. The zero-order chi connectivity index (χ0) is 16.4. The average Bonchev–Trinajstić information content (AvgIpc) is 2.84. The van der Waals surface area contributed by atoms with Crippen LogP contribution in [0.5, 0.6) is 5.75 Å². The maximum absolute atomic E-state index is 6.08. The van der Waals surface area contributed by atoms with Gasteiger partial charge in [-0.1, -0.05) is 18.2 Å². The first kappa shape index (κ1) is 15.2. The third kappa shape index (κ3) is 2.80. The van der Waals surface area contributed by atoms with E-state index < -0.39 is 0 Å². The van der Waals surface area contributed by atoms with E-state index >= 15 is 0 Å². The summed E-state index contributed by atoms with van der Waals surface area (Å²) in [5, 5.41) is 0. The van der Waals surface area contributed by atoms with Crippen LogP contribution in [-0.4, -0.2) is 9.38 Å². The summed E-state index contributed by atoms with van der Waals surface area (Å²) < 4.78 is 8.10. The Morgan fingerprint density at radius 1 is 1.13 bits per heavy atom. The predicted molar refractivity (Wildman–Crippen MR) is 92.7 cm³/mol. The Hall–Kier alpha value is -2.73. The fraction of sp³-hybridized carbons (Fsp3) is 0.250. The van der Waals surface area contributed by atoms with E-state index in [1.54, 1.807) is 0 Å². The first-order valence-corrected chi connectivity index (χ1v) is 7.69. The van der Waals surface area contributed by atoms with Gasteiger partial charge in [0.15, 0.2) is 11.4 Å². The van der Waals surface area contributed by atoms with E-state index in [4.69, 9.17) is 11.2 Å². The molecule has 0 radical (unpaired) electrons. The van der Waals surface area contributed by atoms with Crippen molar-refractivity contribution in [2.75, 3.05) is 0 Å². The fourth-order valence-corrected chi connectivity index (χ4v) is 2.85. The molecular formula is C20H20N2O. The van der Waals surface area contributed by atoms with Crippen LogP contribution in [0.25, 0.3) is 5.65 Å². The number of imidazole rings is 1. The van der Waals surface area contributed by atoms with Gasteiger partial charge in [0, 0.05) is 6.20 Å². The lowest BCUT2D eigenvalue weighted by Crippen LogP contribution is -2.02. The van der Waals surface area contributed by atoms with Crippen LogP contribution in [-0.2, 0) is 13.0 Å². The summed E-state index contributed by atoms with van der Waals surface area (Å²) in [7, 11) is 0. The van der Waals surface area contributed by atoms with Crippen LogP contribution < -0.4 is 4.74 Å². The van der Waals surface area contributed by atoms with E-state index in [1.807, 2.05) is 29.7 Å². The molecule has 116 valence electrons. The second-order valence-corrected chi connectivity index (χ2v) is 5.75. The molecule has 3 nitrogen and oxygen atoms in total. The molecule has 3 heteroatoms. The summed E-state index contributed by atoms with van der Waals surface area (Å²) in [6, 6.07) is 10.2. The summed E-state index contributed by atoms with van der Waals surface area (Å²) in [6.45, 7) is 6.73. The van der Waals surface area contributed by atoms with Crippen LogP contribution in [0.4, 0.5) is 0 Å². The lowest BCUT2D eigenvalue weighted by Gasteiger charge is -2.12. The van der Waals surface area contributed by atoms with Crippen LogP contribution in [0.3, 0.4) is 0 Å². The lowest BCUT2D eigenvalue weighted by atomic mass is 10.0. The Kier molecular flexibility index (Phi) is 4.08. The number of ether oxygens (including phenoxy) is 1. The van der Waals surface area contributed by atoms with E-state index in [1.165, 1.54) is 16.7 Å². The number of rotatable bonds is 4. The molecule has 23 heavy (non-hydrogen) atoms. The van der Waals surface area contributed by atoms with Gasteiger partial charge in [-0.25, -0.2) is 4.98 Å². The maximum Gasteiger partial charge on any atom is 0.180 e. The predicted octanol–water partition coefficient (Wildman–Crippen LogP) is 4.01. The standard InChI is InChI=1S/C20H20N2O/c1-5-8-18-16(4)21-20-19(11-7-12-22(18)20)23-13-17-14(2)9-6-10-15(17)3/h1,6-7,9-12H,8,13H2,2-4H3. The highest BCUT2D eigenvalue weighted by Crippen LogP contribution is 2.24. The summed E-state index contributed by atoms with van der Waals surface area (Å²) in [6.07, 6.45) is 8.01. The largest absolute Gasteiger partial charge is 0.485 e. The van der Waals surface area contributed by atoms with Gasteiger partial charge in [0.2, 0.25) is 0 Å². The molecule has 3 rings (SSSR count). The molecule has 1 aromatic carbocycles. The molecule has 0 amide bonds. The van der Waals surface area contributed by atoms with Crippen LogP contribution in [0.2, 0.25) is 0 Å². The van der Waals surface area contributed by atoms with E-state index in [0.717, 1.165) is 22.8 Å². The van der Waals surface area contributed by atoms with Crippen molar-refractivity contribution in [3.05, 3.63) is 64.6 Å². The number of benzene rings is 1. The van der Waals surface area contributed by atoms with Crippen molar-refractivity contribution in [3.63, 3.8) is 0 Å². The Morgan fingerprint density at radius 2 is 1.87 bits per heavy atom. The second-order valence-electron chi connectivity index (χ2n) is 5.75. The zero-order valence-electron chi connectivity index (χ0n) is 13.8. The first-order valence-electron chi connectivity index (χ1n) is 7.69. The van der Waals surface area contributed by atoms with Crippen LogP contribution >= 0.6 is 0 Å². The highest BCUT2D eigenvalue weighted by atomic mass is 16.5. The summed E-state index contributed by atoms with van der Waals surface area (Å²) in [5.41, 5.74) is 6.52. The van der Waals surface area contributed by atoms with Gasteiger partial charge in [0.05, 0.1) is 17.8 Å². The monoisotopic (exact) mass is 304 g/mol. The molecule has 2 aromatic heterocycles. The quantitative estimate of drug-likeness (QED) is 0.681. The molecule has 0 bridgehead atoms. The molecule has 0 aliphatic heterocycles. The Bertz CT molecular complexity index is 880. The van der Waals surface area contributed by atoms with Crippen molar-refractivity contribution < 1.29 is 4.74 Å². The molecule has 0 saturated carbocycles. The summed E-state index contributed by atoms with van der Waals surface area (Å²) in [5.74, 6) is 3.47. The number of pyridine rings is 1. The van der Waals surface area contributed by atoms with Crippen LogP contribution in [0.15, 0.2) is 36.5 Å². The summed E-state index contributed by atoms with van der Waals surface area (Å²) >= 11 is 0. The van der Waals surface area contributed by atoms with Gasteiger partial charge in [-0.05, 0) is 49.6 Å². The SMILES string of the molecule is C#CCc1c(C)nc2c(OCc3c(C)cccc3C)cccn12. The number of hydrogen-bond donors (Lipinski definition) is 0. The number of terminal acetylenes is 1. The lowest BCUT2D eigenvalue weighted by molar-refractivity contribution is 0.306. The molecule has 0 fully saturated rings. The van der Waals surface area contributed by atoms with E-state index in [2.05, 4.69) is 43.0 Å². The van der Waals surface area contributed by atoms with E-state index in [-0.39, 0.29) is 0 Å². The van der Waals surface area contributed by atoms with Crippen molar-refractivity contribution >= 4 is 5.65 Å². The van der Waals surface area contributed by atoms with Gasteiger partial charge >= 0.3 is 0 Å². The smallest absolute Gasteiger partial charge is 0.180 e. The molecular weight excluding hydrogens is 284 g/mol. The molecule has 0 saturated heterocycles. The van der Waals surface area contributed by atoms with Crippen molar-refractivity contribution in [2.24, 2.45) is 0 Å². The van der Waals surface area contributed by atoms with Crippen LogP contribution in [0, 0.1) is 33.1 Å². The van der Waals surface area contributed by atoms with Crippen molar-refractivity contribution in [1.29, 1.82) is 0 Å². The zero-order valence-corrected chi connectivity index (χ0v) is 13.8. The number of aromatic nitrogens is 2. The Labute approximate surface area is 136 Å². The number of nitrogens with zero attached hydrogens (tertiary/aromatic N) is 2. The molecule has 0 unspecified atom stereocenters. The Morgan fingerprint density at radius 3 is 2.57 bits per heavy atom. The first-order chi connectivity index (χ1) is 11.1. The number of fused-ring (bicyclic) bond motifs is 1. The minimum atomic E-state index is 0.536.